The molecule has 0 aliphatic rings. The Morgan fingerprint density at radius 1 is 1.05 bits per heavy atom. The van der Waals surface area contributed by atoms with Crippen LogP contribution in [0.3, 0.4) is 0 Å². The molecule has 0 saturated heterocycles. The van der Waals surface area contributed by atoms with Gasteiger partial charge in [0.25, 0.3) is 5.56 Å². The topological polar surface area (TPSA) is 42.2 Å². The number of aliphatic hydroxyl groups excluding tert-OH is 1. The monoisotopic (exact) mass is 299 g/mol. The molecule has 3 aromatic rings. The molecule has 0 saturated carbocycles. The Kier molecular flexibility index (Phi) is 3.78. The maximum atomic E-state index is 12.8. The van der Waals surface area contributed by atoms with E-state index in [4.69, 9.17) is 11.6 Å². The molecule has 0 aliphatic carbocycles. The van der Waals surface area contributed by atoms with E-state index < -0.39 is 0 Å². The van der Waals surface area contributed by atoms with E-state index in [1.165, 1.54) is 0 Å². The Labute approximate surface area is 127 Å². The molecule has 1 N–H and O–H groups in total. The number of hydrogen-bond donors (Lipinski definition) is 1. The predicted molar refractivity (Wildman–Crippen MR) is 85.3 cm³/mol. The summed E-state index contributed by atoms with van der Waals surface area (Å²) in [5.74, 6) is 0. The van der Waals surface area contributed by atoms with Crippen molar-refractivity contribution in [2.45, 2.75) is 6.42 Å². The molecule has 21 heavy (non-hydrogen) atoms. The van der Waals surface area contributed by atoms with Gasteiger partial charge >= 0.3 is 0 Å². The summed E-state index contributed by atoms with van der Waals surface area (Å²) in [5, 5.41) is 11.0. The Bertz CT molecular complexity index is 841. The van der Waals surface area contributed by atoms with E-state index in [0.29, 0.717) is 16.8 Å². The van der Waals surface area contributed by atoms with E-state index in [9.17, 15) is 9.90 Å². The average molecular weight is 300 g/mol. The van der Waals surface area contributed by atoms with Crippen molar-refractivity contribution in [2.75, 3.05) is 6.61 Å². The Morgan fingerprint density at radius 2 is 1.81 bits per heavy atom. The lowest BCUT2D eigenvalue weighted by Crippen LogP contribution is -2.23. The third-order valence-electron chi connectivity index (χ3n) is 3.45. The minimum absolute atomic E-state index is 0.0155. The third kappa shape index (κ3) is 2.46. The molecule has 0 spiro atoms. The second-order valence-corrected chi connectivity index (χ2v) is 5.20. The summed E-state index contributed by atoms with van der Waals surface area (Å²) < 4.78 is 1.62. The lowest BCUT2D eigenvalue weighted by Gasteiger charge is -2.14. The molecule has 0 unspecified atom stereocenters. The van der Waals surface area contributed by atoms with Crippen LogP contribution in [0.15, 0.2) is 59.4 Å². The van der Waals surface area contributed by atoms with Crippen LogP contribution in [0.4, 0.5) is 0 Å². The number of rotatable bonds is 3. The Hall–Kier alpha value is -2.10. The molecule has 3 rings (SSSR count). The summed E-state index contributed by atoms with van der Waals surface area (Å²) in [6, 6.07) is 16.7. The van der Waals surface area contributed by atoms with Gasteiger partial charge in [0.2, 0.25) is 0 Å². The summed E-state index contributed by atoms with van der Waals surface area (Å²) in [7, 11) is 0. The highest BCUT2D eigenvalue weighted by Crippen LogP contribution is 2.22. The lowest BCUT2D eigenvalue weighted by atomic mass is 10.1. The molecule has 0 atom stereocenters. The molecule has 0 amide bonds. The minimum Gasteiger partial charge on any atom is -0.396 e. The number of fused-ring (bicyclic) bond motifs is 1. The molecule has 2 aromatic carbocycles. The number of aliphatic hydroxyl groups is 1. The van der Waals surface area contributed by atoms with Crippen molar-refractivity contribution in [2.24, 2.45) is 0 Å². The van der Waals surface area contributed by atoms with Gasteiger partial charge < -0.3 is 5.11 Å². The van der Waals surface area contributed by atoms with Crippen LogP contribution in [0.25, 0.3) is 16.5 Å². The van der Waals surface area contributed by atoms with Gasteiger partial charge in [-0.15, -0.1) is 0 Å². The molecule has 106 valence electrons. The second-order valence-electron chi connectivity index (χ2n) is 4.79. The molecule has 1 aromatic heterocycles. The SMILES string of the molecule is O=c1c2c(Cl)cccc2cc(CCO)n1-c1ccccc1. The van der Waals surface area contributed by atoms with Crippen LogP contribution in [-0.2, 0) is 6.42 Å². The molecular formula is C17H14ClNO2. The van der Waals surface area contributed by atoms with Crippen molar-refractivity contribution in [3.63, 3.8) is 0 Å². The summed E-state index contributed by atoms with van der Waals surface area (Å²) in [6.07, 6.45) is 0.409. The van der Waals surface area contributed by atoms with Gasteiger partial charge in [-0.3, -0.25) is 9.36 Å². The smallest absolute Gasteiger partial charge is 0.264 e. The van der Waals surface area contributed by atoms with E-state index in [2.05, 4.69) is 0 Å². The van der Waals surface area contributed by atoms with Crippen molar-refractivity contribution in [1.82, 2.24) is 4.57 Å². The zero-order valence-electron chi connectivity index (χ0n) is 11.3. The van der Waals surface area contributed by atoms with Crippen molar-refractivity contribution < 1.29 is 5.11 Å². The molecule has 3 nitrogen and oxygen atoms in total. The number of para-hydroxylation sites is 1. The Balaban J connectivity index is 2.41. The fraction of sp³-hybridized carbons (Fsp3) is 0.118. The van der Waals surface area contributed by atoms with Crippen molar-refractivity contribution >= 4 is 22.4 Å². The number of hydrogen-bond acceptors (Lipinski definition) is 2. The van der Waals surface area contributed by atoms with Gasteiger partial charge in [-0.1, -0.05) is 41.9 Å². The van der Waals surface area contributed by atoms with Gasteiger partial charge in [0, 0.05) is 24.4 Å². The molecule has 0 aliphatic heterocycles. The fourth-order valence-corrected chi connectivity index (χ4v) is 2.79. The van der Waals surface area contributed by atoms with Crippen LogP contribution >= 0.6 is 11.6 Å². The highest BCUT2D eigenvalue weighted by molar-refractivity contribution is 6.35. The maximum absolute atomic E-state index is 12.8. The van der Waals surface area contributed by atoms with Gasteiger partial charge in [0.15, 0.2) is 0 Å². The predicted octanol–water partition coefficient (Wildman–Crippen LogP) is 3.18. The zero-order valence-corrected chi connectivity index (χ0v) is 12.0. The third-order valence-corrected chi connectivity index (χ3v) is 3.77. The highest BCUT2D eigenvalue weighted by Gasteiger charge is 2.12. The normalized spacial score (nSPS) is 11.0. The zero-order chi connectivity index (χ0) is 14.8. The van der Waals surface area contributed by atoms with Crippen molar-refractivity contribution in [1.29, 1.82) is 0 Å². The quantitative estimate of drug-likeness (QED) is 0.807. The van der Waals surface area contributed by atoms with Crippen LogP contribution < -0.4 is 5.56 Å². The first-order chi connectivity index (χ1) is 10.2. The van der Waals surface area contributed by atoms with Crippen molar-refractivity contribution in [3.05, 3.63) is 75.7 Å². The van der Waals surface area contributed by atoms with E-state index in [0.717, 1.165) is 16.8 Å². The van der Waals surface area contributed by atoms with Gasteiger partial charge in [-0.25, -0.2) is 0 Å². The number of halogens is 1. The first-order valence-electron chi connectivity index (χ1n) is 6.72. The largest absolute Gasteiger partial charge is 0.396 e. The van der Waals surface area contributed by atoms with E-state index in [1.54, 1.807) is 10.6 Å². The van der Waals surface area contributed by atoms with Gasteiger partial charge in [-0.2, -0.15) is 0 Å². The number of benzene rings is 2. The average Bonchev–Trinajstić information content (AvgIpc) is 2.48. The molecule has 1 heterocycles. The van der Waals surface area contributed by atoms with E-state index in [-0.39, 0.29) is 12.2 Å². The van der Waals surface area contributed by atoms with Crippen LogP contribution in [-0.4, -0.2) is 16.3 Å². The van der Waals surface area contributed by atoms with Gasteiger partial charge in [-0.05, 0) is 29.7 Å². The molecule has 0 radical (unpaired) electrons. The molecule has 0 bridgehead atoms. The van der Waals surface area contributed by atoms with E-state index in [1.807, 2.05) is 48.5 Å². The fourth-order valence-electron chi connectivity index (χ4n) is 2.53. The van der Waals surface area contributed by atoms with Crippen LogP contribution in [0.2, 0.25) is 5.02 Å². The summed E-state index contributed by atoms with van der Waals surface area (Å²) in [5.41, 5.74) is 1.38. The van der Waals surface area contributed by atoms with Crippen molar-refractivity contribution in [3.8, 4) is 5.69 Å². The van der Waals surface area contributed by atoms with E-state index >= 15 is 0 Å². The van der Waals surface area contributed by atoms with Crippen LogP contribution in [0.5, 0.6) is 0 Å². The van der Waals surface area contributed by atoms with Gasteiger partial charge in [0.1, 0.15) is 0 Å². The molecular weight excluding hydrogens is 286 g/mol. The minimum atomic E-state index is -0.159. The number of nitrogens with zero attached hydrogens (tertiary/aromatic N) is 1. The first-order valence-corrected chi connectivity index (χ1v) is 7.09. The molecule has 4 heteroatoms. The summed E-state index contributed by atoms with van der Waals surface area (Å²) >= 11 is 6.19. The maximum Gasteiger partial charge on any atom is 0.264 e. The number of pyridine rings is 1. The Morgan fingerprint density at radius 3 is 2.52 bits per heavy atom. The number of aromatic nitrogens is 1. The van der Waals surface area contributed by atoms with Crippen LogP contribution in [0.1, 0.15) is 5.69 Å². The standard InChI is InChI=1S/C17H14ClNO2/c18-15-8-4-5-12-11-14(9-10-20)19(17(21)16(12)15)13-6-2-1-3-7-13/h1-8,11,20H,9-10H2. The van der Waals surface area contributed by atoms with Crippen LogP contribution in [0, 0.1) is 0 Å². The summed E-state index contributed by atoms with van der Waals surface area (Å²) in [6.45, 7) is -0.0155. The molecule has 0 fully saturated rings. The second kappa shape index (κ2) is 5.72. The highest BCUT2D eigenvalue weighted by atomic mass is 35.5. The summed E-state index contributed by atoms with van der Waals surface area (Å²) in [4.78, 5) is 12.8. The first kappa shape index (κ1) is 13.9. The van der Waals surface area contributed by atoms with Gasteiger partial charge in [0.05, 0.1) is 10.4 Å². The lowest BCUT2D eigenvalue weighted by molar-refractivity contribution is 0.297.